The Kier molecular flexibility index (Phi) is 4.23. The number of nitrogens with zero attached hydrogens (tertiary/aromatic N) is 2. The molecule has 1 aromatic carbocycles. The van der Waals surface area contributed by atoms with E-state index in [1.54, 1.807) is 10.9 Å². The summed E-state index contributed by atoms with van der Waals surface area (Å²) in [5, 5.41) is 13.8. The van der Waals surface area contributed by atoms with Crippen LogP contribution in [0.1, 0.15) is 49.2 Å². The van der Waals surface area contributed by atoms with Crippen LogP contribution < -0.4 is 0 Å². The lowest BCUT2D eigenvalue weighted by molar-refractivity contribution is 0.0697. The van der Waals surface area contributed by atoms with Crippen molar-refractivity contribution >= 4 is 5.97 Å². The van der Waals surface area contributed by atoms with Crippen molar-refractivity contribution in [3.8, 4) is 11.3 Å². The molecule has 2 aromatic rings. The van der Waals surface area contributed by atoms with Crippen molar-refractivity contribution in [3.63, 3.8) is 0 Å². The molecule has 1 aromatic heterocycles. The summed E-state index contributed by atoms with van der Waals surface area (Å²) >= 11 is 0. The van der Waals surface area contributed by atoms with Crippen LogP contribution in [0.25, 0.3) is 11.3 Å². The van der Waals surface area contributed by atoms with Gasteiger partial charge in [-0.25, -0.2) is 4.79 Å². The Balaban J connectivity index is 2.47. The Bertz CT molecular complexity index is 599. The monoisotopic (exact) mass is 272 g/mol. The summed E-state index contributed by atoms with van der Waals surface area (Å²) in [6.07, 6.45) is 3.50. The molecule has 1 heterocycles. The van der Waals surface area contributed by atoms with Crippen LogP contribution in [0.2, 0.25) is 0 Å². The number of aryl methyl sites for hydroxylation is 1. The van der Waals surface area contributed by atoms with Crippen molar-refractivity contribution in [1.82, 2.24) is 9.78 Å². The summed E-state index contributed by atoms with van der Waals surface area (Å²) in [5.74, 6) is -0.936. The lowest BCUT2D eigenvalue weighted by Crippen LogP contribution is -2.04. The first-order valence-electron chi connectivity index (χ1n) is 6.98. The summed E-state index contributed by atoms with van der Waals surface area (Å²) in [6.45, 7) is 6.18. The van der Waals surface area contributed by atoms with Crippen LogP contribution in [0.5, 0.6) is 0 Å². The van der Waals surface area contributed by atoms with E-state index in [4.69, 9.17) is 0 Å². The molecule has 0 saturated heterocycles. The number of carbonyl (C=O) groups is 1. The van der Waals surface area contributed by atoms with E-state index in [2.05, 4.69) is 18.9 Å². The molecule has 0 amide bonds. The summed E-state index contributed by atoms with van der Waals surface area (Å²) in [6, 6.07) is 8.10. The Morgan fingerprint density at radius 3 is 2.45 bits per heavy atom. The highest BCUT2D eigenvalue weighted by Gasteiger charge is 2.18. The molecule has 4 nitrogen and oxygen atoms in total. The summed E-state index contributed by atoms with van der Waals surface area (Å²) < 4.78 is 1.74. The first-order valence-corrected chi connectivity index (χ1v) is 6.98. The van der Waals surface area contributed by atoms with E-state index in [1.165, 1.54) is 5.56 Å². The van der Waals surface area contributed by atoms with Gasteiger partial charge in [-0.1, -0.05) is 38.1 Å². The van der Waals surface area contributed by atoms with Gasteiger partial charge >= 0.3 is 5.97 Å². The molecule has 0 radical (unpaired) electrons. The third kappa shape index (κ3) is 2.74. The fourth-order valence-corrected chi connectivity index (χ4v) is 2.07. The molecule has 0 aliphatic carbocycles. The number of carboxylic acid groups (broad SMARTS) is 1. The van der Waals surface area contributed by atoms with Crippen molar-refractivity contribution < 1.29 is 9.90 Å². The topological polar surface area (TPSA) is 55.1 Å². The smallest absolute Gasteiger partial charge is 0.339 e. The quantitative estimate of drug-likeness (QED) is 0.901. The van der Waals surface area contributed by atoms with Crippen LogP contribution in [0.3, 0.4) is 0 Å². The van der Waals surface area contributed by atoms with Crippen molar-refractivity contribution in [2.24, 2.45) is 0 Å². The van der Waals surface area contributed by atoms with E-state index in [9.17, 15) is 9.90 Å². The van der Waals surface area contributed by atoms with Crippen LogP contribution >= 0.6 is 0 Å². The first-order chi connectivity index (χ1) is 9.56. The molecular weight excluding hydrogens is 252 g/mol. The minimum atomic E-state index is -0.936. The van der Waals surface area contributed by atoms with E-state index < -0.39 is 5.97 Å². The van der Waals surface area contributed by atoms with E-state index in [-0.39, 0.29) is 11.6 Å². The van der Waals surface area contributed by atoms with Crippen LogP contribution in [-0.2, 0) is 6.42 Å². The van der Waals surface area contributed by atoms with Crippen molar-refractivity contribution in [3.05, 3.63) is 41.6 Å². The molecule has 1 unspecified atom stereocenters. The van der Waals surface area contributed by atoms with Gasteiger partial charge in [-0.05, 0) is 25.3 Å². The van der Waals surface area contributed by atoms with Gasteiger partial charge in [0.05, 0.1) is 0 Å². The van der Waals surface area contributed by atoms with E-state index in [0.717, 1.165) is 18.4 Å². The molecule has 0 saturated carbocycles. The molecule has 106 valence electrons. The van der Waals surface area contributed by atoms with E-state index in [0.29, 0.717) is 5.69 Å². The standard InChI is InChI=1S/C16H20N2O2/c1-4-11(3)18-10-14(16(19)20)15(17-18)13-8-6-12(5-2)7-9-13/h6-11H,4-5H2,1-3H3,(H,19,20). The molecule has 20 heavy (non-hydrogen) atoms. The second-order valence-corrected chi connectivity index (χ2v) is 4.98. The van der Waals surface area contributed by atoms with Gasteiger partial charge in [0.15, 0.2) is 0 Å². The Morgan fingerprint density at radius 2 is 1.95 bits per heavy atom. The maximum Gasteiger partial charge on any atom is 0.339 e. The second kappa shape index (κ2) is 5.90. The summed E-state index contributed by atoms with van der Waals surface area (Å²) in [4.78, 5) is 11.4. The minimum Gasteiger partial charge on any atom is -0.478 e. The summed E-state index contributed by atoms with van der Waals surface area (Å²) in [5.41, 5.74) is 2.88. The molecule has 0 aliphatic heterocycles. The van der Waals surface area contributed by atoms with Gasteiger partial charge in [-0.15, -0.1) is 0 Å². The molecule has 1 atom stereocenters. The highest BCUT2D eigenvalue weighted by molar-refractivity contribution is 5.94. The normalized spacial score (nSPS) is 12.3. The van der Waals surface area contributed by atoms with Crippen molar-refractivity contribution in [1.29, 1.82) is 0 Å². The molecule has 2 rings (SSSR count). The first kappa shape index (κ1) is 14.3. The molecule has 4 heteroatoms. The lowest BCUT2D eigenvalue weighted by Gasteiger charge is -2.08. The molecule has 0 aliphatic rings. The summed E-state index contributed by atoms with van der Waals surface area (Å²) in [7, 11) is 0. The zero-order valence-electron chi connectivity index (χ0n) is 12.1. The fraction of sp³-hybridized carbons (Fsp3) is 0.375. The van der Waals surface area contributed by atoms with Gasteiger partial charge in [0.1, 0.15) is 11.3 Å². The zero-order valence-corrected chi connectivity index (χ0v) is 12.1. The van der Waals surface area contributed by atoms with Gasteiger partial charge in [0, 0.05) is 17.8 Å². The van der Waals surface area contributed by atoms with Crippen LogP contribution in [-0.4, -0.2) is 20.9 Å². The second-order valence-electron chi connectivity index (χ2n) is 4.98. The molecular formula is C16H20N2O2. The number of aromatic nitrogens is 2. The SMILES string of the molecule is CCc1ccc(-c2nn(C(C)CC)cc2C(=O)O)cc1. The van der Waals surface area contributed by atoms with Crippen LogP contribution in [0, 0.1) is 0 Å². The van der Waals surface area contributed by atoms with Crippen LogP contribution in [0.15, 0.2) is 30.5 Å². The van der Waals surface area contributed by atoms with E-state index in [1.807, 2.05) is 31.2 Å². The van der Waals surface area contributed by atoms with Gasteiger partial charge in [0.2, 0.25) is 0 Å². The van der Waals surface area contributed by atoms with Crippen LogP contribution in [0.4, 0.5) is 0 Å². The minimum absolute atomic E-state index is 0.191. The molecule has 0 fully saturated rings. The highest BCUT2D eigenvalue weighted by Crippen LogP contribution is 2.24. The van der Waals surface area contributed by atoms with Gasteiger partial charge in [-0.3, -0.25) is 4.68 Å². The molecule has 1 N–H and O–H groups in total. The Labute approximate surface area is 119 Å². The average Bonchev–Trinajstić information content (AvgIpc) is 2.92. The maximum atomic E-state index is 11.4. The lowest BCUT2D eigenvalue weighted by atomic mass is 10.1. The predicted octanol–water partition coefficient (Wildman–Crippen LogP) is 3.78. The Hall–Kier alpha value is -2.10. The van der Waals surface area contributed by atoms with Gasteiger partial charge in [-0.2, -0.15) is 5.10 Å². The number of carboxylic acids is 1. The van der Waals surface area contributed by atoms with E-state index >= 15 is 0 Å². The van der Waals surface area contributed by atoms with Gasteiger partial charge in [0.25, 0.3) is 0 Å². The van der Waals surface area contributed by atoms with Crippen molar-refractivity contribution in [2.75, 3.05) is 0 Å². The number of rotatable bonds is 5. The fourth-order valence-electron chi connectivity index (χ4n) is 2.07. The van der Waals surface area contributed by atoms with Crippen molar-refractivity contribution in [2.45, 2.75) is 39.7 Å². The third-order valence-corrected chi connectivity index (χ3v) is 3.64. The average molecular weight is 272 g/mol. The molecule has 0 bridgehead atoms. The molecule has 0 spiro atoms. The zero-order chi connectivity index (χ0) is 14.7. The predicted molar refractivity (Wildman–Crippen MR) is 79.0 cm³/mol. The number of hydrogen-bond acceptors (Lipinski definition) is 2. The maximum absolute atomic E-state index is 11.4. The number of hydrogen-bond donors (Lipinski definition) is 1. The Morgan fingerprint density at radius 1 is 1.30 bits per heavy atom. The van der Waals surface area contributed by atoms with Gasteiger partial charge < -0.3 is 5.11 Å². The highest BCUT2D eigenvalue weighted by atomic mass is 16.4. The largest absolute Gasteiger partial charge is 0.478 e. The third-order valence-electron chi connectivity index (χ3n) is 3.64. The number of benzene rings is 1. The number of aromatic carboxylic acids is 1.